The summed E-state index contributed by atoms with van der Waals surface area (Å²) >= 11 is 3.43. The summed E-state index contributed by atoms with van der Waals surface area (Å²) in [5.74, 6) is 0. The quantitative estimate of drug-likeness (QED) is 0.577. The van der Waals surface area contributed by atoms with E-state index in [1.54, 1.807) is 6.20 Å². The van der Waals surface area contributed by atoms with Gasteiger partial charge in [-0.25, -0.2) is 0 Å². The molecule has 0 saturated heterocycles. The van der Waals surface area contributed by atoms with Crippen LogP contribution in [0.4, 0.5) is 0 Å². The van der Waals surface area contributed by atoms with E-state index in [2.05, 4.69) is 38.0 Å². The average Bonchev–Trinajstić information content (AvgIpc) is 2.29. The number of fused-ring (bicyclic) bond motifs is 3. The first-order valence-electron chi connectivity index (χ1n) is 4.63. The van der Waals surface area contributed by atoms with E-state index < -0.39 is 0 Å². The fourth-order valence-corrected chi connectivity index (χ4v) is 2.05. The van der Waals surface area contributed by atoms with Crippen molar-refractivity contribution >= 4 is 37.7 Å². The second kappa shape index (κ2) is 3.28. The van der Waals surface area contributed by atoms with Crippen molar-refractivity contribution in [2.45, 2.75) is 0 Å². The molecule has 0 unspecified atom stereocenters. The molecular formula is C12H7BrN2. The van der Waals surface area contributed by atoms with Gasteiger partial charge in [0, 0.05) is 27.6 Å². The Bertz CT molecular complexity index is 649. The zero-order chi connectivity index (χ0) is 10.3. The lowest BCUT2D eigenvalue weighted by atomic mass is 10.1. The van der Waals surface area contributed by atoms with E-state index >= 15 is 0 Å². The molecule has 0 bridgehead atoms. The van der Waals surface area contributed by atoms with E-state index in [0.717, 1.165) is 26.3 Å². The second-order valence-corrected chi connectivity index (χ2v) is 4.28. The van der Waals surface area contributed by atoms with Crippen LogP contribution in [0.5, 0.6) is 0 Å². The Morgan fingerprint density at radius 2 is 2.00 bits per heavy atom. The Morgan fingerprint density at radius 3 is 2.93 bits per heavy atom. The minimum absolute atomic E-state index is 0.976. The number of hydrogen-bond acceptors (Lipinski definition) is 2. The molecule has 2 heterocycles. The standard InChI is InChI=1S/C12H7BrN2/c13-9-6-10-11(15-7-9)4-3-8-2-1-5-14-12(8)10/h1-7H. The summed E-state index contributed by atoms with van der Waals surface area (Å²) in [6.45, 7) is 0. The van der Waals surface area contributed by atoms with Crippen LogP contribution < -0.4 is 0 Å². The molecule has 0 aliphatic rings. The van der Waals surface area contributed by atoms with Crippen LogP contribution in [0.1, 0.15) is 0 Å². The van der Waals surface area contributed by atoms with Gasteiger partial charge in [-0.3, -0.25) is 9.97 Å². The first-order chi connectivity index (χ1) is 7.34. The van der Waals surface area contributed by atoms with Crippen molar-refractivity contribution in [2.75, 3.05) is 0 Å². The summed E-state index contributed by atoms with van der Waals surface area (Å²) in [6.07, 6.45) is 3.61. The molecule has 2 aromatic heterocycles. The smallest absolute Gasteiger partial charge is 0.0796 e. The molecule has 0 amide bonds. The molecule has 0 aliphatic carbocycles. The highest BCUT2D eigenvalue weighted by atomic mass is 79.9. The van der Waals surface area contributed by atoms with Crippen LogP contribution in [-0.2, 0) is 0 Å². The highest BCUT2D eigenvalue weighted by Gasteiger charge is 2.02. The minimum Gasteiger partial charge on any atom is -0.256 e. The van der Waals surface area contributed by atoms with Crippen molar-refractivity contribution in [3.05, 3.63) is 47.2 Å². The summed E-state index contributed by atoms with van der Waals surface area (Å²) in [5.41, 5.74) is 1.98. The second-order valence-electron chi connectivity index (χ2n) is 3.36. The predicted molar refractivity (Wildman–Crippen MR) is 64.7 cm³/mol. The van der Waals surface area contributed by atoms with Crippen LogP contribution in [0.2, 0.25) is 0 Å². The van der Waals surface area contributed by atoms with Gasteiger partial charge in [-0.05, 0) is 34.1 Å². The molecule has 3 heteroatoms. The Kier molecular flexibility index (Phi) is 1.92. The monoisotopic (exact) mass is 258 g/mol. The lowest BCUT2D eigenvalue weighted by molar-refractivity contribution is 1.38. The number of hydrogen-bond donors (Lipinski definition) is 0. The van der Waals surface area contributed by atoms with Gasteiger partial charge in [0.05, 0.1) is 11.0 Å². The van der Waals surface area contributed by atoms with Gasteiger partial charge in [0.2, 0.25) is 0 Å². The third-order valence-corrected chi connectivity index (χ3v) is 2.83. The molecule has 15 heavy (non-hydrogen) atoms. The Hall–Kier alpha value is -1.48. The molecule has 0 radical (unpaired) electrons. The highest BCUT2D eigenvalue weighted by molar-refractivity contribution is 9.10. The molecule has 3 rings (SSSR count). The van der Waals surface area contributed by atoms with Gasteiger partial charge in [0.25, 0.3) is 0 Å². The zero-order valence-corrected chi connectivity index (χ0v) is 9.40. The van der Waals surface area contributed by atoms with Crippen LogP contribution in [0, 0.1) is 0 Å². The van der Waals surface area contributed by atoms with Crippen molar-refractivity contribution in [3.63, 3.8) is 0 Å². The summed E-state index contributed by atoms with van der Waals surface area (Å²) in [5, 5.41) is 2.23. The first-order valence-corrected chi connectivity index (χ1v) is 5.43. The lowest BCUT2D eigenvalue weighted by Gasteiger charge is -2.02. The fraction of sp³-hybridized carbons (Fsp3) is 0. The molecule has 0 aliphatic heterocycles. The predicted octanol–water partition coefficient (Wildman–Crippen LogP) is 3.55. The zero-order valence-electron chi connectivity index (χ0n) is 7.81. The molecule has 0 atom stereocenters. The normalized spacial score (nSPS) is 11.0. The molecule has 0 spiro atoms. The van der Waals surface area contributed by atoms with E-state index in [1.165, 1.54) is 0 Å². The Balaban J connectivity index is 2.57. The molecule has 72 valence electrons. The van der Waals surface area contributed by atoms with Crippen LogP contribution in [0.25, 0.3) is 21.8 Å². The molecule has 3 aromatic rings. The van der Waals surface area contributed by atoms with Crippen molar-refractivity contribution in [2.24, 2.45) is 0 Å². The third-order valence-electron chi connectivity index (χ3n) is 2.40. The van der Waals surface area contributed by atoms with Crippen molar-refractivity contribution in [1.82, 2.24) is 9.97 Å². The number of benzene rings is 1. The van der Waals surface area contributed by atoms with Crippen LogP contribution in [-0.4, -0.2) is 9.97 Å². The number of pyridine rings is 2. The molecule has 2 nitrogen and oxygen atoms in total. The maximum Gasteiger partial charge on any atom is 0.0796 e. The van der Waals surface area contributed by atoms with Gasteiger partial charge in [-0.2, -0.15) is 0 Å². The van der Waals surface area contributed by atoms with Gasteiger partial charge in [-0.1, -0.05) is 12.1 Å². The van der Waals surface area contributed by atoms with Gasteiger partial charge in [0.1, 0.15) is 0 Å². The van der Waals surface area contributed by atoms with E-state index in [4.69, 9.17) is 0 Å². The van der Waals surface area contributed by atoms with Crippen LogP contribution >= 0.6 is 15.9 Å². The highest BCUT2D eigenvalue weighted by Crippen LogP contribution is 2.24. The van der Waals surface area contributed by atoms with Crippen molar-refractivity contribution < 1.29 is 0 Å². The fourth-order valence-electron chi connectivity index (χ4n) is 1.72. The van der Waals surface area contributed by atoms with Crippen molar-refractivity contribution in [1.29, 1.82) is 0 Å². The Labute approximate surface area is 95.1 Å². The van der Waals surface area contributed by atoms with Gasteiger partial charge < -0.3 is 0 Å². The maximum absolute atomic E-state index is 4.39. The summed E-state index contributed by atoms with van der Waals surface area (Å²) in [7, 11) is 0. The molecular weight excluding hydrogens is 252 g/mol. The Morgan fingerprint density at radius 1 is 1.07 bits per heavy atom. The minimum atomic E-state index is 0.976. The largest absolute Gasteiger partial charge is 0.256 e. The van der Waals surface area contributed by atoms with Gasteiger partial charge in [-0.15, -0.1) is 0 Å². The molecule has 0 N–H and O–H groups in total. The van der Waals surface area contributed by atoms with E-state index in [-0.39, 0.29) is 0 Å². The first kappa shape index (κ1) is 8.80. The van der Waals surface area contributed by atoms with Crippen molar-refractivity contribution in [3.8, 4) is 0 Å². The molecule has 0 saturated carbocycles. The van der Waals surface area contributed by atoms with Crippen LogP contribution in [0.15, 0.2) is 47.2 Å². The maximum atomic E-state index is 4.39. The number of aromatic nitrogens is 2. The van der Waals surface area contributed by atoms with Crippen LogP contribution in [0.3, 0.4) is 0 Å². The van der Waals surface area contributed by atoms with Gasteiger partial charge >= 0.3 is 0 Å². The third kappa shape index (κ3) is 1.39. The van der Waals surface area contributed by atoms with Gasteiger partial charge in [0.15, 0.2) is 0 Å². The number of halogens is 1. The lowest BCUT2D eigenvalue weighted by Crippen LogP contribution is -1.83. The van der Waals surface area contributed by atoms with E-state index in [1.807, 2.05) is 24.4 Å². The SMILES string of the molecule is Brc1cnc2ccc3cccnc3c2c1. The number of rotatable bonds is 0. The number of nitrogens with zero attached hydrogens (tertiary/aromatic N) is 2. The summed E-state index contributed by atoms with van der Waals surface area (Å²) in [6, 6.07) is 10.1. The average molecular weight is 259 g/mol. The topological polar surface area (TPSA) is 25.8 Å². The summed E-state index contributed by atoms with van der Waals surface area (Å²) in [4.78, 5) is 8.73. The molecule has 1 aromatic carbocycles. The molecule has 0 fully saturated rings. The summed E-state index contributed by atoms with van der Waals surface area (Å²) < 4.78 is 0.980. The van der Waals surface area contributed by atoms with E-state index in [9.17, 15) is 0 Å². The van der Waals surface area contributed by atoms with E-state index in [0.29, 0.717) is 0 Å².